The molecule has 2 atom stereocenters. The first-order valence-electron chi connectivity index (χ1n) is 10.4. The molecule has 0 radical (unpaired) electrons. The number of rotatable bonds is 7. The molecular weight excluding hydrogens is 456 g/mol. The molecule has 3 rings (SSSR count). The van der Waals surface area contributed by atoms with E-state index in [0.29, 0.717) is 18.7 Å². The number of benzene rings is 1. The smallest absolute Gasteiger partial charge is 0.282 e. The number of amides is 1. The van der Waals surface area contributed by atoms with E-state index in [4.69, 9.17) is 4.74 Å². The Bertz CT molecular complexity index is 1020. The fourth-order valence-corrected chi connectivity index (χ4v) is 6.56. The molecule has 2 heterocycles. The number of sulfonamides is 1. The Labute approximate surface area is 190 Å². The molecule has 0 aromatic heterocycles. The molecule has 1 N–H and O–H groups in total. The average molecular weight is 487 g/mol. The fourth-order valence-electron chi connectivity index (χ4n) is 3.82. The lowest BCUT2D eigenvalue weighted by Gasteiger charge is -2.40. The first kappa shape index (κ1) is 24.8. The maximum atomic E-state index is 13.0. The van der Waals surface area contributed by atoms with E-state index < -0.39 is 20.2 Å². The number of carbonyl (C=O) groups excluding carboxylic acids is 1. The third-order valence-corrected chi connectivity index (χ3v) is 8.80. The Morgan fingerprint density at radius 1 is 1.03 bits per heavy atom. The lowest BCUT2D eigenvalue weighted by Crippen LogP contribution is -2.57. The van der Waals surface area contributed by atoms with Crippen LogP contribution in [0.1, 0.15) is 24.2 Å². The molecule has 0 bridgehead atoms. The topological polar surface area (TPSA) is 116 Å². The number of nitrogens with one attached hydrogen (secondary N) is 1. The summed E-state index contributed by atoms with van der Waals surface area (Å²) in [6.07, 6.45) is 1.10. The molecule has 10 nitrogen and oxygen atoms in total. The first-order chi connectivity index (χ1) is 15.0. The number of piperazine rings is 1. The molecule has 178 valence electrons. The van der Waals surface area contributed by atoms with Crippen LogP contribution < -0.4 is 4.72 Å². The molecule has 0 aliphatic carbocycles. The highest BCUT2D eigenvalue weighted by atomic mass is 32.2. The van der Waals surface area contributed by atoms with Crippen molar-refractivity contribution in [3.05, 3.63) is 42.5 Å². The van der Waals surface area contributed by atoms with Crippen LogP contribution in [-0.4, -0.2) is 94.3 Å². The molecule has 12 heteroatoms. The van der Waals surface area contributed by atoms with Crippen molar-refractivity contribution in [1.29, 1.82) is 0 Å². The average Bonchev–Trinajstić information content (AvgIpc) is 2.77. The van der Waals surface area contributed by atoms with Gasteiger partial charge >= 0.3 is 0 Å². The Balaban J connectivity index is 1.61. The van der Waals surface area contributed by atoms with Crippen LogP contribution in [0.3, 0.4) is 0 Å². The summed E-state index contributed by atoms with van der Waals surface area (Å²) < 4.78 is 61.2. The van der Waals surface area contributed by atoms with E-state index >= 15 is 0 Å². The van der Waals surface area contributed by atoms with Crippen LogP contribution in [-0.2, 0) is 25.0 Å². The summed E-state index contributed by atoms with van der Waals surface area (Å²) in [6, 6.07) is 5.68. The monoisotopic (exact) mass is 486 g/mol. The van der Waals surface area contributed by atoms with Gasteiger partial charge in [-0.15, -0.1) is 6.58 Å². The lowest BCUT2D eigenvalue weighted by molar-refractivity contribution is -0.0457. The Hall–Kier alpha value is -1.83. The molecule has 2 saturated heterocycles. The molecule has 1 aromatic carbocycles. The predicted molar refractivity (Wildman–Crippen MR) is 120 cm³/mol. The summed E-state index contributed by atoms with van der Waals surface area (Å²) in [5, 5.41) is 0. The van der Waals surface area contributed by atoms with Gasteiger partial charge in [0.05, 0.1) is 17.1 Å². The van der Waals surface area contributed by atoms with Crippen LogP contribution in [0.15, 0.2) is 41.8 Å². The van der Waals surface area contributed by atoms with E-state index in [2.05, 4.69) is 11.3 Å². The Morgan fingerprint density at radius 3 is 2.12 bits per heavy atom. The number of nitrogens with zero attached hydrogens (tertiary/aromatic N) is 3. The first-order valence-corrected chi connectivity index (χ1v) is 13.3. The maximum absolute atomic E-state index is 13.0. The quantitative estimate of drug-likeness (QED) is 0.553. The number of ether oxygens (including phenoxy) is 1. The van der Waals surface area contributed by atoms with E-state index in [-0.39, 0.29) is 55.7 Å². The fraction of sp³-hybridized carbons (Fsp3) is 0.550. The minimum absolute atomic E-state index is 0.0563. The van der Waals surface area contributed by atoms with Gasteiger partial charge in [0.25, 0.3) is 16.1 Å². The molecule has 2 aliphatic rings. The zero-order chi connectivity index (χ0) is 23.5. The highest BCUT2D eigenvalue weighted by Crippen LogP contribution is 2.20. The summed E-state index contributed by atoms with van der Waals surface area (Å²) in [5.41, 5.74) is 0.347. The van der Waals surface area contributed by atoms with Gasteiger partial charge in [0.15, 0.2) is 0 Å². The van der Waals surface area contributed by atoms with E-state index in [1.165, 1.54) is 39.0 Å². The van der Waals surface area contributed by atoms with E-state index in [1.807, 2.05) is 13.8 Å². The summed E-state index contributed by atoms with van der Waals surface area (Å²) in [5.74, 6) is -0.265. The number of hydrogen-bond donors (Lipinski definition) is 1. The van der Waals surface area contributed by atoms with Gasteiger partial charge in [0.1, 0.15) is 0 Å². The van der Waals surface area contributed by atoms with Crippen molar-refractivity contribution in [3.63, 3.8) is 0 Å². The van der Waals surface area contributed by atoms with Crippen molar-refractivity contribution < 1.29 is 26.4 Å². The van der Waals surface area contributed by atoms with Crippen LogP contribution >= 0.6 is 0 Å². The predicted octanol–water partition coefficient (Wildman–Crippen LogP) is 0.263. The zero-order valence-corrected chi connectivity index (χ0v) is 19.9. The normalized spacial score (nSPS) is 23.8. The van der Waals surface area contributed by atoms with Crippen molar-refractivity contribution in [2.24, 2.45) is 0 Å². The van der Waals surface area contributed by atoms with Gasteiger partial charge < -0.3 is 9.64 Å². The van der Waals surface area contributed by atoms with Crippen molar-refractivity contribution in [2.45, 2.75) is 31.0 Å². The number of morpholine rings is 1. The Kier molecular flexibility index (Phi) is 7.73. The van der Waals surface area contributed by atoms with Crippen LogP contribution in [0.25, 0.3) is 0 Å². The number of carbonyl (C=O) groups is 1. The van der Waals surface area contributed by atoms with E-state index in [9.17, 15) is 21.6 Å². The zero-order valence-electron chi connectivity index (χ0n) is 18.3. The largest absolute Gasteiger partial charge is 0.373 e. The number of hydrogen-bond acceptors (Lipinski definition) is 6. The minimum atomic E-state index is -3.67. The van der Waals surface area contributed by atoms with Gasteiger partial charge in [-0.25, -0.2) is 13.1 Å². The lowest BCUT2D eigenvalue weighted by atomic mass is 10.2. The van der Waals surface area contributed by atoms with Gasteiger partial charge in [0.2, 0.25) is 10.0 Å². The highest BCUT2D eigenvalue weighted by molar-refractivity contribution is 7.89. The molecule has 0 saturated carbocycles. The Morgan fingerprint density at radius 2 is 1.59 bits per heavy atom. The summed E-state index contributed by atoms with van der Waals surface area (Å²) in [4.78, 5) is 14.5. The van der Waals surface area contributed by atoms with Gasteiger partial charge in [-0.1, -0.05) is 6.08 Å². The second kappa shape index (κ2) is 9.98. The van der Waals surface area contributed by atoms with Crippen LogP contribution in [0.4, 0.5) is 0 Å². The van der Waals surface area contributed by atoms with Crippen LogP contribution in [0, 0.1) is 0 Å². The van der Waals surface area contributed by atoms with Crippen molar-refractivity contribution in [1.82, 2.24) is 18.2 Å². The van der Waals surface area contributed by atoms with Crippen LogP contribution in [0.2, 0.25) is 0 Å². The van der Waals surface area contributed by atoms with Crippen LogP contribution in [0.5, 0.6) is 0 Å². The molecule has 0 spiro atoms. The van der Waals surface area contributed by atoms with Gasteiger partial charge in [-0.2, -0.15) is 17.0 Å². The molecule has 0 unspecified atom stereocenters. The van der Waals surface area contributed by atoms with Gasteiger partial charge in [-0.3, -0.25) is 4.79 Å². The molecule has 1 amide bonds. The second-order valence-electron chi connectivity index (χ2n) is 7.94. The van der Waals surface area contributed by atoms with Crippen molar-refractivity contribution in [3.8, 4) is 0 Å². The second-order valence-corrected chi connectivity index (χ2v) is 11.6. The van der Waals surface area contributed by atoms with E-state index in [0.717, 1.165) is 0 Å². The highest BCUT2D eigenvalue weighted by Gasteiger charge is 2.37. The van der Waals surface area contributed by atoms with Gasteiger partial charge in [0, 0.05) is 51.4 Å². The third-order valence-electron chi connectivity index (χ3n) is 5.39. The van der Waals surface area contributed by atoms with E-state index in [1.54, 1.807) is 4.90 Å². The SMILES string of the molecule is C=CCNS(=O)(=O)c1ccc(C(=O)N2CCN(S(=O)(=O)N3C[C@@H](C)O[C@H](C)C3)CC2)cc1. The van der Waals surface area contributed by atoms with Crippen molar-refractivity contribution in [2.75, 3.05) is 45.8 Å². The molecule has 2 aliphatic heterocycles. The standard InChI is InChI=1S/C20H30N4O6S2/c1-4-9-21-31(26,27)19-7-5-18(6-8-19)20(25)22-10-12-23(13-11-22)32(28,29)24-14-16(2)30-17(3)15-24/h4-8,16-17,21H,1,9-15H2,2-3H3/t16-,17-/m1/s1. The third kappa shape index (κ3) is 5.56. The summed E-state index contributed by atoms with van der Waals surface area (Å²) >= 11 is 0. The van der Waals surface area contributed by atoms with Crippen molar-refractivity contribution >= 4 is 26.1 Å². The maximum Gasteiger partial charge on any atom is 0.282 e. The molecule has 2 fully saturated rings. The molecule has 1 aromatic rings. The summed E-state index contributed by atoms with van der Waals surface area (Å²) in [6.45, 7) is 8.81. The van der Waals surface area contributed by atoms with Gasteiger partial charge in [-0.05, 0) is 38.1 Å². The molecular formula is C20H30N4O6S2. The summed E-state index contributed by atoms with van der Waals surface area (Å²) in [7, 11) is -7.29. The molecule has 32 heavy (non-hydrogen) atoms. The minimum Gasteiger partial charge on any atom is -0.373 e.